The Morgan fingerprint density at radius 3 is 2.18 bits per heavy atom. The SMILES string of the molecule is CC(C)C[C@@H](C(=O)N[C@@H](C[C@@H]1CCCNC1=O)C(=O)C(=O)NC1CC1)N(C)C(=O)[C@@H](C)NC(=O)C(C)(C)C. The molecule has 2 rings (SSSR count). The second-order valence-electron chi connectivity index (χ2n) is 12.1. The van der Waals surface area contributed by atoms with Gasteiger partial charge in [0, 0.05) is 31.0 Å². The van der Waals surface area contributed by atoms with Crippen LogP contribution in [0.3, 0.4) is 0 Å². The number of nitrogens with one attached hydrogen (secondary N) is 4. The Balaban J connectivity index is 2.21. The molecule has 1 saturated heterocycles. The van der Waals surface area contributed by atoms with Gasteiger partial charge in [0.2, 0.25) is 29.4 Å². The molecule has 11 heteroatoms. The Hall–Kier alpha value is -2.98. The van der Waals surface area contributed by atoms with Crippen molar-refractivity contribution in [3.05, 3.63) is 0 Å². The molecule has 0 unspecified atom stereocenters. The molecular weight excluding hydrogens is 490 g/mol. The van der Waals surface area contributed by atoms with Crippen LogP contribution in [0.2, 0.25) is 0 Å². The molecule has 0 aromatic carbocycles. The van der Waals surface area contributed by atoms with Gasteiger partial charge in [-0.25, -0.2) is 0 Å². The fraction of sp³-hybridized carbons (Fsp3) is 0.778. The molecule has 2 fully saturated rings. The van der Waals surface area contributed by atoms with Crippen molar-refractivity contribution in [2.45, 2.75) is 104 Å². The lowest BCUT2D eigenvalue weighted by atomic mass is 9.89. The molecule has 38 heavy (non-hydrogen) atoms. The quantitative estimate of drug-likeness (QED) is 0.269. The molecule has 0 aromatic rings. The molecule has 0 spiro atoms. The molecule has 5 amide bonds. The van der Waals surface area contributed by atoms with E-state index in [1.807, 2.05) is 13.8 Å². The third kappa shape index (κ3) is 9.09. The maximum atomic E-state index is 13.5. The summed E-state index contributed by atoms with van der Waals surface area (Å²) in [5.41, 5.74) is -0.693. The molecule has 4 atom stereocenters. The van der Waals surface area contributed by atoms with E-state index in [2.05, 4.69) is 21.3 Å². The van der Waals surface area contributed by atoms with E-state index in [0.29, 0.717) is 19.4 Å². The molecule has 2 aliphatic rings. The second-order valence-corrected chi connectivity index (χ2v) is 12.1. The Bertz CT molecular complexity index is 923. The lowest BCUT2D eigenvalue weighted by Crippen LogP contribution is -2.58. The van der Waals surface area contributed by atoms with E-state index in [1.165, 1.54) is 11.9 Å². The van der Waals surface area contributed by atoms with Gasteiger partial charge in [0.15, 0.2) is 0 Å². The van der Waals surface area contributed by atoms with Gasteiger partial charge in [-0.2, -0.15) is 0 Å². The first-order chi connectivity index (χ1) is 17.6. The average Bonchev–Trinajstić information content (AvgIpc) is 3.65. The predicted molar refractivity (Wildman–Crippen MR) is 142 cm³/mol. The summed E-state index contributed by atoms with van der Waals surface area (Å²) >= 11 is 0. The first kappa shape index (κ1) is 31.2. The third-order valence-corrected chi connectivity index (χ3v) is 6.90. The summed E-state index contributed by atoms with van der Waals surface area (Å²) in [6.45, 7) is 11.1. The summed E-state index contributed by atoms with van der Waals surface area (Å²) in [7, 11) is 1.49. The fourth-order valence-corrected chi connectivity index (χ4v) is 4.31. The van der Waals surface area contributed by atoms with Gasteiger partial charge in [0.05, 0.1) is 6.04 Å². The number of rotatable bonds is 12. The zero-order chi connectivity index (χ0) is 28.8. The molecule has 0 bridgehead atoms. The molecule has 0 radical (unpaired) electrons. The van der Waals surface area contributed by atoms with Crippen LogP contribution in [0.5, 0.6) is 0 Å². The first-order valence-electron chi connectivity index (χ1n) is 13.6. The van der Waals surface area contributed by atoms with Crippen molar-refractivity contribution in [1.82, 2.24) is 26.2 Å². The van der Waals surface area contributed by atoms with Crippen molar-refractivity contribution < 1.29 is 28.8 Å². The topological polar surface area (TPSA) is 154 Å². The molecular formula is C27H45N5O6. The predicted octanol–water partition coefficient (Wildman–Crippen LogP) is 0.659. The molecule has 1 saturated carbocycles. The van der Waals surface area contributed by atoms with Gasteiger partial charge in [-0.1, -0.05) is 34.6 Å². The molecule has 1 aliphatic heterocycles. The monoisotopic (exact) mass is 535 g/mol. The summed E-state index contributed by atoms with van der Waals surface area (Å²) in [6.07, 6.45) is 3.19. The maximum absolute atomic E-state index is 13.5. The normalized spacial score (nSPS) is 20.0. The van der Waals surface area contributed by atoms with E-state index in [0.717, 1.165) is 19.3 Å². The van der Waals surface area contributed by atoms with Gasteiger partial charge in [0.1, 0.15) is 12.1 Å². The van der Waals surface area contributed by atoms with Crippen LogP contribution >= 0.6 is 0 Å². The van der Waals surface area contributed by atoms with Gasteiger partial charge >= 0.3 is 0 Å². The number of hydrogen-bond donors (Lipinski definition) is 4. The van der Waals surface area contributed by atoms with E-state index in [9.17, 15) is 28.8 Å². The van der Waals surface area contributed by atoms with Crippen molar-refractivity contribution in [3.8, 4) is 0 Å². The lowest BCUT2D eigenvalue weighted by Gasteiger charge is -2.33. The molecule has 0 aromatic heterocycles. The summed E-state index contributed by atoms with van der Waals surface area (Å²) in [5.74, 6) is -3.61. The average molecular weight is 536 g/mol. The number of amides is 5. The number of piperidine rings is 1. The zero-order valence-electron chi connectivity index (χ0n) is 23.8. The highest BCUT2D eigenvalue weighted by atomic mass is 16.2. The molecule has 1 heterocycles. The Labute approximate surface area is 225 Å². The van der Waals surface area contributed by atoms with Crippen LogP contribution in [-0.4, -0.2) is 78.0 Å². The molecule has 214 valence electrons. The van der Waals surface area contributed by atoms with Crippen LogP contribution in [0.25, 0.3) is 0 Å². The largest absolute Gasteiger partial charge is 0.356 e. The molecule has 1 aliphatic carbocycles. The molecule has 4 N–H and O–H groups in total. The highest BCUT2D eigenvalue weighted by Gasteiger charge is 2.38. The zero-order valence-corrected chi connectivity index (χ0v) is 23.8. The van der Waals surface area contributed by atoms with E-state index in [4.69, 9.17) is 0 Å². The Morgan fingerprint density at radius 1 is 1.03 bits per heavy atom. The van der Waals surface area contributed by atoms with E-state index in [-0.39, 0.29) is 30.2 Å². The number of carbonyl (C=O) groups is 6. The number of carbonyl (C=O) groups excluding carboxylic acids is 6. The van der Waals surface area contributed by atoms with Crippen LogP contribution in [0.4, 0.5) is 0 Å². The smallest absolute Gasteiger partial charge is 0.289 e. The minimum atomic E-state index is -1.20. The Morgan fingerprint density at radius 2 is 1.66 bits per heavy atom. The van der Waals surface area contributed by atoms with E-state index < -0.39 is 53.0 Å². The summed E-state index contributed by atoms with van der Waals surface area (Å²) in [6, 6.07) is -3.06. The molecule has 11 nitrogen and oxygen atoms in total. The van der Waals surface area contributed by atoms with Crippen LogP contribution < -0.4 is 21.3 Å². The maximum Gasteiger partial charge on any atom is 0.289 e. The second kappa shape index (κ2) is 13.2. The number of Topliss-reactive ketones (excluding diaryl/α,β-unsaturated/α-hetero) is 1. The standard InChI is InChI=1S/C27H45N5O6/c1-15(2)13-20(32(7)25(37)16(3)29-26(38)27(4,5)6)23(35)31-19(14-17-9-8-12-28-22(17)34)21(33)24(36)30-18-10-11-18/h15-20H,8-14H2,1-7H3,(H,28,34)(H,29,38)(H,30,36)(H,31,35)/t16-,17+,19+,20+/m1/s1. The van der Waals surface area contributed by atoms with E-state index >= 15 is 0 Å². The fourth-order valence-electron chi connectivity index (χ4n) is 4.31. The number of likely N-dealkylation sites (N-methyl/N-ethyl adjacent to an activating group) is 1. The van der Waals surface area contributed by atoms with Crippen LogP contribution in [-0.2, 0) is 28.8 Å². The van der Waals surface area contributed by atoms with Crippen LogP contribution in [0.1, 0.15) is 80.1 Å². The van der Waals surface area contributed by atoms with Crippen molar-refractivity contribution in [2.24, 2.45) is 17.3 Å². The Kier molecular flexibility index (Phi) is 10.8. The van der Waals surface area contributed by atoms with E-state index in [1.54, 1.807) is 27.7 Å². The van der Waals surface area contributed by atoms with Gasteiger partial charge in [-0.15, -0.1) is 0 Å². The van der Waals surface area contributed by atoms with Gasteiger partial charge in [0.25, 0.3) is 5.91 Å². The number of nitrogens with zero attached hydrogens (tertiary/aromatic N) is 1. The lowest BCUT2D eigenvalue weighted by molar-refractivity contribution is -0.145. The van der Waals surface area contributed by atoms with Crippen molar-refractivity contribution in [1.29, 1.82) is 0 Å². The van der Waals surface area contributed by atoms with Crippen molar-refractivity contribution in [3.63, 3.8) is 0 Å². The highest BCUT2D eigenvalue weighted by Crippen LogP contribution is 2.21. The number of hydrogen-bond acceptors (Lipinski definition) is 6. The summed E-state index contributed by atoms with van der Waals surface area (Å²) in [5, 5.41) is 10.8. The number of ketones is 1. The van der Waals surface area contributed by atoms with Gasteiger partial charge in [-0.05, 0) is 51.4 Å². The minimum Gasteiger partial charge on any atom is -0.356 e. The summed E-state index contributed by atoms with van der Waals surface area (Å²) < 4.78 is 0. The first-order valence-corrected chi connectivity index (χ1v) is 13.6. The van der Waals surface area contributed by atoms with Crippen molar-refractivity contribution >= 4 is 35.3 Å². The minimum absolute atomic E-state index is 0.00139. The van der Waals surface area contributed by atoms with Crippen molar-refractivity contribution in [2.75, 3.05) is 13.6 Å². The van der Waals surface area contributed by atoms with Gasteiger partial charge in [-0.3, -0.25) is 28.8 Å². The third-order valence-electron chi connectivity index (χ3n) is 6.90. The highest BCUT2D eigenvalue weighted by molar-refractivity contribution is 6.38. The van der Waals surface area contributed by atoms with Gasteiger partial charge < -0.3 is 26.2 Å². The van der Waals surface area contributed by atoms with Crippen LogP contribution in [0.15, 0.2) is 0 Å². The van der Waals surface area contributed by atoms with Crippen LogP contribution in [0, 0.1) is 17.3 Å². The summed E-state index contributed by atoms with van der Waals surface area (Å²) in [4.78, 5) is 78.5.